The molecule has 0 aliphatic rings. The highest BCUT2D eigenvalue weighted by molar-refractivity contribution is 6.38. The number of nitrogens with one attached hydrogen (secondary N) is 1. The lowest BCUT2D eigenvalue weighted by atomic mass is 10.2. The van der Waals surface area contributed by atoms with Crippen molar-refractivity contribution in [2.75, 3.05) is 0 Å². The molecule has 0 saturated heterocycles. The van der Waals surface area contributed by atoms with E-state index >= 15 is 0 Å². The largest absolute Gasteiger partial charge is 0.506 e. The number of nitrogens with zero attached hydrogens (tertiary/aromatic N) is 2. The summed E-state index contributed by atoms with van der Waals surface area (Å²) in [7, 11) is 0. The molecule has 0 spiro atoms. The third-order valence-electron chi connectivity index (χ3n) is 2.89. The molecule has 0 atom stereocenters. The summed E-state index contributed by atoms with van der Waals surface area (Å²) < 4.78 is 0. The minimum absolute atomic E-state index is 0.0346. The Balaban J connectivity index is 2.16. The van der Waals surface area contributed by atoms with Gasteiger partial charge < -0.3 is 10.2 Å². The van der Waals surface area contributed by atoms with Crippen LogP contribution in [-0.4, -0.2) is 27.3 Å². The molecule has 0 aliphatic heterocycles. The molecular weight excluding hydrogens is 361 g/mol. The van der Waals surface area contributed by atoms with Crippen LogP contribution in [-0.2, 0) is 0 Å². The van der Waals surface area contributed by atoms with Gasteiger partial charge in [-0.15, -0.1) is 0 Å². The first-order valence-corrected chi connectivity index (χ1v) is 7.04. The molecule has 0 aromatic heterocycles. The Hall–Kier alpha value is -2.84. The van der Waals surface area contributed by atoms with Gasteiger partial charge in [-0.25, -0.2) is 5.43 Å². The summed E-state index contributed by atoms with van der Waals surface area (Å²) >= 11 is 11.4. The Morgan fingerprint density at radius 2 is 1.96 bits per heavy atom. The number of rotatable bonds is 4. The standard InChI is InChI=1S/C14H9Cl2N3O5/c15-10-5-8(12(20)11(16)13(10)21)6-17-18-14(22)7-2-1-3-9(4-7)19(23)24/h1-6,20-21H,(H,18,22)/b17-6+. The molecule has 2 rings (SSSR count). The van der Waals surface area contributed by atoms with Gasteiger partial charge in [0.1, 0.15) is 10.8 Å². The Morgan fingerprint density at radius 1 is 1.25 bits per heavy atom. The number of halogens is 2. The van der Waals surface area contributed by atoms with E-state index in [9.17, 15) is 25.1 Å². The second-order valence-electron chi connectivity index (χ2n) is 4.47. The number of carbonyl (C=O) groups excluding carboxylic acids is 1. The number of phenolic OH excluding ortho intramolecular Hbond substituents is 2. The normalized spacial score (nSPS) is 10.8. The molecule has 0 saturated carbocycles. The number of hydrazone groups is 1. The summed E-state index contributed by atoms with van der Waals surface area (Å²) in [5, 5.41) is 33.0. The molecule has 0 bridgehead atoms. The molecule has 3 N–H and O–H groups in total. The molecule has 10 heteroatoms. The first-order valence-electron chi connectivity index (χ1n) is 6.29. The van der Waals surface area contributed by atoms with Crippen molar-refractivity contribution in [3.8, 4) is 11.5 Å². The van der Waals surface area contributed by atoms with Crippen molar-refractivity contribution in [2.24, 2.45) is 5.10 Å². The quantitative estimate of drug-likeness (QED) is 0.433. The van der Waals surface area contributed by atoms with Crippen molar-refractivity contribution in [2.45, 2.75) is 0 Å². The van der Waals surface area contributed by atoms with Crippen LogP contribution in [0.5, 0.6) is 11.5 Å². The fourth-order valence-electron chi connectivity index (χ4n) is 1.70. The van der Waals surface area contributed by atoms with Gasteiger partial charge in [-0.3, -0.25) is 14.9 Å². The summed E-state index contributed by atoms with van der Waals surface area (Å²) in [6.07, 6.45) is 1.06. The number of hydrogen-bond acceptors (Lipinski definition) is 6. The SMILES string of the molecule is O=C(N/N=C/c1cc(Cl)c(O)c(Cl)c1O)c1cccc([N+](=O)[O-])c1. The Bertz CT molecular complexity index is 855. The minimum Gasteiger partial charge on any atom is -0.506 e. The van der Waals surface area contributed by atoms with Crippen LogP contribution in [0, 0.1) is 10.1 Å². The highest BCUT2D eigenvalue weighted by Gasteiger charge is 2.14. The average Bonchev–Trinajstić information content (AvgIpc) is 2.57. The first-order chi connectivity index (χ1) is 11.3. The molecule has 24 heavy (non-hydrogen) atoms. The monoisotopic (exact) mass is 369 g/mol. The Morgan fingerprint density at radius 3 is 2.62 bits per heavy atom. The molecule has 0 fully saturated rings. The lowest BCUT2D eigenvalue weighted by Gasteiger charge is -2.05. The summed E-state index contributed by atoms with van der Waals surface area (Å²) in [6.45, 7) is 0. The topological polar surface area (TPSA) is 125 Å². The number of phenols is 2. The fraction of sp³-hybridized carbons (Fsp3) is 0. The van der Waals surface area contributed by atoms with Crippen molar-refractivity contribution in [1.29, 1.82) is 0 Å². The van der Waals surface area contributed by atoms with Crippen LogP contribution in [0.15, 0.2) is 35.4 Å². The third-order valence-corrected chi connectivity index (χ3v) is 3.53. The second kappa shape index (κ2) is 7.16. The number of nitro benzene ring substituents is 1. The maximum atomic E-state index is 11.9. The number of amides is 1. The average molecular weight is 370 g/mol. The van der Waals surface area contributed by atoms with E-state index in [2.05, 4.69) is 10.5 Å². The summed E-state index contributed by atoms with van der Waals surface area (Å²) in [6, 6.07) is 6.28. The molecule has 124 valence electrons. The molecular formula is C14H9Cl2N3O5. The number of aromatic hydroxyl groups is 2. The van der Waals surface area contributed by atoms with Gasteiger partial charge in [-0.2, -0.15) is 5.10 Å². The van der Waals surface area contributed by atoms with Crippen molar-refractivity contribution >= 4 is 41.0 Å². The van der Waals surface area contributed by atoms with Crippen molar-refractivity contribution in [3.05, 3.63) is 61.6 Å². The van der Waals surface area contributed by atoms with Gasteiger partial charge in [0, 0.05) is 23.3 Å². The van der Waals surface area contributed by atoms with Crippen LogP contribution in [0.4, 0.5) is 5.69 Å². The molecule has 2 aromatic rings. The van der Waals surface area contributed by atoms with Gasteiger partial charge in [0.25, 0.3) is 11.6 Å². The number of non-ortho nitro benzene ring substituents is 1. The molecule has 0 radical (unpaired) electrons. The van der Waals surface area contributed by atoms with E-state index in [4.69, 9.17) is 23.2 Å². The fourth-order valence-corrected chi connectivity index (χ4v) is 2.17. The maximum Gasteiger partial charge on any atom is 0.271 e. The van der Waals surface area contributed by atoms with Gasteiger partial charge in [-0.1, -0.05) is 29.3 Å². The van der Waals surface area contributed by atoms with E-state index in [1.54, 1.807) is 0 Å². The van der Waals surface area contributed by atoms with Crippen LogP contribution in [0.1, 0.15) is 15.9 Å². The van der Waals surface area contributed by atoms with Crippen molar-refractivity contribution in [3.63, 3.8) is 0 Å². The van der Waals surface area contributed by atoms with Crippen molar-refractivity contribution in [1.82, 2.24) is 5.43 Å². The van der Waals surface area contributed by atoms with E-state index in [0.29, 0.717) is 0 Å². The molecule has 8 nitrogen and oxygen atoms in total. The van der Waals surface area contributed by atoms with E-state index in [1.807, 2.05) is 0 Å². The zero-order chi connectivity index (χ0) is 17.9. The summed E-state index contributed by atoms with van der Waals surface area (Å²) in [5.41, 5.74) is 2.00. The molecule has 2 aromatic carbocycles. The predicted molar refractivity (Wildman–Crippen MR) is 87.9 cm³/mol. The molecule has 0 heterocycles. The minimum atomic E-state index is -0.689. The lowest BCUT2D eigenvalue weighted by Crippen LogP contribution is -2.17. The van der Waals surface area contributed by atoms with Gasteiger partial charge in [0.15, 0.2) is 5.75 Å². The number of hydrogen-bond donors (Lipinski definition) is 3. The Kier molecular flexibility index (Phi) is 5.22. The van der Waals surface area contributed by atoms with Crippen LogP contribution in [0.3, 0.4) is 0 Å². The zero-order valence-electron chi connectivity index (χ0n) is 11.7. The smallest absolute Gasteiger partial charge is 0.271 e. The first kappa shape index (κ1) is 17.5. The Labute approximate surface area is 145 Å². The predicted octanol–water partition coefficient (Wildman–Crippen LogP) is 3.08. The van der Waals surface area contributed by atoms with Crippen molar-refractivity contribution < 1.29 is 19.9 Å². The molecule has 1 amide bonds. The molecule has 0 unspecified atom stereocenters. The van der Waals surface area contributed by atoms with Gasteiger partial charge in [0.2, 0.25) is 0 Å². The van der Waals surface area contributed by atoms with Gasteiger partial charge >= 0.3 is 0 Å². The zero-order valence-corrected chi connectivity index (χ0v) is 13.2. The van der Waals surface area contributed by atoms with Crippen LogP contribution in [0.25, 0.3) is 0 Å². The highest BCUT2D eigenvalue weighted by Crippen LogP contribution is 2.40. The highest BCUT2D eigenvalue weighted by atomic mass is 35.5. The van der Waals surface area contributed by atoms with E-state index in [1.165, 1.54) is 24.3 Å². The number of carbonyl (C=O) groups is 1. The number of nitro groups is 1. The van der Waals surface area contributed by atoms with E-state index < -0.39 is 22.3 Å². The van der Waals surface area contributed by atoms with Crippen LogP contribution >= 0.6 is 23.2 Å². The lowest BCUT2D eigenvalue weighted by molar-refractivity contribution is -0.384. The van der Waals surface area contributed by atoms with Crippen LogP contribution in [0.2, 0.25) is 10.0 Å². The maximum absolute atomic E-state index is 11.9. The second-order valence-corrected chi connectivity index (χ2v) is 5.25. The van der Waals surface area contributed by atoms with Gasteiger partial charge in [0.05, 0.1) is 16.2 Å². The summed E-state index contributed by atoms with van der Waals surface area (Å²) in [5.74, 6) is -1.63. The van der Waals surface area contributed by atoms with Gasteiger partial charge in [-0.05, 0) is 12.1 Å². The van der Waals surface area contributed by atoms with E-state index in [0.717, 1.165) is 12.3 Å². The molecule has 0 aliphatic carbocycles. The number of benzene rings is 2. The van der Waals surface area contributed by atoms with E-state index in [-0.39, 0.29) is 26.9 Å². The summed E-state index contributed by atoms with van der Waals surface area (Å²) in [4.78, 5) is 21.9. The van der Waals surface area contributed by atoms with Crippen LogP contribution < -0.4 is 5.43 Å². The third kappa shape index (κ3) is 3.73.